The quantitative estimate of drug-likeness (QED) is 0.720. The van der Waals surface area contributed by atoms with Crippen molar-refractivity contribution in [1.29, 1.82) is 0 Å². The molecule has 0 N–H and O–H groups in total. The highest BCUT2D eigenvalue weighted by Gasteiger charge is 2.06. The molecule has 0 atom stereocenters. The Bertz CT molecular complexity index is 500. The Hall–Kier alpha value is -2.10. The van der Waals surface area contributed by atoms with Gasteiger partial charge in [0.05, 0.1) is 18.4 Å². The minimum atomic E-state index is -0.326. The second-order valence-electron chi connectivity index (χ2n) is 3.44. The number of hydrogen-bond acceptors (Lipinski definition) is 3. The lowest BCUT2D eigenvalue weighted by atomic mass is 10.1. The van der Waals surface area contributed by atoms with Crippen molar-refractivity contribution in [3.05, 3.63) is 42.1 Å². The fraction of sp³-hybridized carbons (Fsp3) is 0.167. The van der Waals surface area contributed by atoms with Gasteiger partial charge in [-0.2, -0.15) is 5.10 Å². The molecule has 2 rings (SSSR count). The van der Waals surface area contributed by atoms with Crippen LogP contribution >= 0.6 is 0 Å². The summed E-state index contributed by atoms with van der Waals surface area (Å²) >= 11 is 0. The Morgan fingerprint density at radius 2 is 1.94 bits per heavy atom. The average molecular weight is 216 g/mol. The number of carbonyl (C=O) groups is 1. The zero-order valence-corrected chi connectivity index (χ0v) is 9.18. The van der Waals surface area contributed by atoms with Gasteiger partial charge in [0.1, 0.15) is 0 Å². The maximum Gasteiger partial charge on any atom is 0.337 e. The van der Waals surface area contributed by atoms with Crippen LogP contribution in [0.5, 0.6) is 0 Å². The van der Waals surface area contributed by atoms with Crippen LogP contribution in [0.4, 0.5) is 0 Å². The van der Waals surface area contributed by atoms with Crippen LogP contribution in [0, 0.1) is 0 Å². The molecule has 4 nitrogen and oxygen atoms in total. The van der Waals surface area contributed by atoms with Crippen molar-refractivity contribution in [3.8, 4) is 11.3 Å². The molecular formula is C12H12N2O2. The lowest BCUT2D eigenvalue weighted by Gasteiger charge is -2.00. The maximum atomic E-state index is 11.2. The fourth-order valence-corrected chi connectivity index (χ4v) is 1.46. The number of ether oxygens (including phenoxy) is 1. The third-order valence-electron chi connectivity index (χ3n) is 2.32. The van der Waals surface area contributed by atoms with Crippen molar-refractivity contribution >= 4 is 5.97 Å². The Labute approximate surface area is 93.5 Å². The van der Waals surface area contributed by atoms with E-state index >= 15 is 0 Å². The summed E-state index contributed by atoms with van der Waals surface area (Å²) in [5.74, 6) is -0.326. The van der Waals surface area contributed by atoms with E-state index in [1.165, 1.54) is 7.11 Å². The largest absolute Gasteiger partial charge is 0.465 e. The molecule has 0 aliphatic heterocycles. The summed E-state index contributed by atoms with van der Waals surface area (Å²) in [4.78, 5) is 11.2. The molecule has 0 saturated carbocycles. The first-order valence-electron chi connectivity index (χ1n) is 4.89. The fourth-order valence-electron chi connectivity index (χ4n) is 1.46. The van der Waals surface area contributed by atoms with Crippen molar-refractivity contribution in [2.45, 2.75) is 0 Å². The van der Waals surface area contributed by atoms with Crippen LogP contribution in [0.3, 0.4) is 0 Å². The topological polar surface area (TPSA) is 44.1 Å². The molecule has 1 aromatic heterocycles. The molecule has 0 radical (unpaired) electrons. The van der Waals surface area contributed by atoms with E-state index in [2.05, 4.69) is 9.84 Å². The van der Waals surface area contributed by atoms with Gasteiger partial charge in [0.25, 0.3) is 0 Å². The number of rotatable bonds is 2. The Kier molecular flexibility index (Phi) is 2.72. The standard InChI is InChI=1S/C12H12N2O2/c1-14-8-7-11(13-14)9-3-5-10(6-4-9)12(15)16-2/h3-8H,1-2H3. The van der Waals surface area contributed by atoms with E-state index in [1.807, 2.05) is 31.4 Å². The number of benzene rings is 1. The molecule has 0 aliphatic rings. The highest BCUT2D eigenvalue weighted by atomic mass is 16.5. The van der Waals surface area contributed by atoms with Crippen molar-refractivity contribution in [2.24, 2.45) is 7.05 Å². The van der Waals surface area contributed by atoms with Crippen LogP contribution in [-0.2, 0) is 11.8 Å². The van der Waals surface area contributed by atoms with Crippen LogP contribution in [0.15, 0.2) is 36.5 Å². The summed E-state index contributed by atoms with van der Waals surface area (Å²) in [5.41, 5.74) is 2.41. The van der Waals surface area contributed by atoms with E-state index in [0.29, 0.717) is 5.56 Å². The van der Waals surface area contributed by atoms with Gasteiger partial charge >= 0.3 is 5.97 Å². The van der Waals surface area contributed by atoms with Gasteiger partial charge in [0.15, 0.2) is 0 Å². The smallest absolute Gasteiger partial charge is 0.337 e. The highest BCUT2D eigenvalue weighted by molar-refractivity contribution is 5.89. The van der Waals surface area contributed by atoms with Crippen LogP contribution in [0.2, 0.25) is 0 Å². The zero-order chi connectivity index (χ0) is 11.5. The second-order valence-corrected chi connectivity index (χ2v) is 3.44. The second kappa shape index (κ2) is 4.18. The molecule has 0 amide bonds. The first-order chi connectivity index (χ1) is 7.70. The summed E-state index contributed by atoms with van der Waals surface area (Å²) in [6.45, 7) is 0. The lowest BCUT2D eigenvalue weighted by Crippen LogP contribution is -2.00. The van der Waals surface area contributed by atoms with E-state index < -0.39 is 0 Å². The number of hydrogen-bond donors (Lipinski definition) is 0. The van der Waals surface area contributed by atoms with E-state index in [4.69, 9.17) is 0 Å². The van der Waals surface area contributed by atoms with Crippen LogP contribution in [0.1, 0.15) is 10.4 Å². The Morgan fingerprint density at radius 3 is 2.44 bits per heavy atom. The molecule has 0 saturated heterocycles. The molecular weight excluding hydrogens is 204 g/mol. The van der Waals surface area contributed by atoms with Gasteiger partial charge in [0, 0.05) is 18.8 Å². The molecule has 0 spiro atoms. The minimum absolute atomic E-state index is 0.326. The van der Waals surface area contributed by atoms with E-state index in [0.717, 1.165) is 11.3 Å². The van der Waals surface area contributed by atoms with Gasteiger partial charge < -0.3 is 4.74 Å². The van der Waals surface area contributed by atoms with Crippen LogP contribution in [0.25, 0.3) is 11.3 Å². The monoisotopic (exact) mass is 216 g/mol. The molecule has 82 valence electrons. The molecule has 0 aliphatic carbocycles. The lowest BCUT2D eigenvalue weighted by molar-refractivity contribution is 0.0601. The zero-order valence-electron chi connectivity index (χ0n) is 9.18. The van der Waals surface area contributed by atoms with Crippen molar-refractivity contribution < 1.29 is 9.53 Å². The normalized spacial score (nSPS) is 10.1. The minimum Gasteiger partial charge on any atom is -0.465 e. The molecule has 0 unspecified atom stereocenters. The number of carbonyl (C=O) groups excluding carboxylic acids is 1. The predicted octanol–water partition coefficient (Wildman–Crippen LogP) is 1.87. The summed E-state index contributed by atoms with van der Waals surface area (Å²) < 4.78 is 6.37. The summed E-state index contributed by atoms with van der Waals surface area (Å²) in [7, 11) is 3.24. The van der Waals surface area contributed by atoms with Crippen molar-refractivity contribution in [1.82, 2.24) is 9.78 Å². The summed E-state index contributed by atoms with van der Waals surface area (Å²) in [6, 6.07) is 9.10. The van der Waals surface area contributed by atoms with E-state index in [1.54, 1.807) is 16.8 Å². The maximum absolute atomic E-state index is 11.2. The highest BCUT2D eigenvalue weighted by Crippen LogP contribution is 2.17. The van der Waals surface area contributed by atoms with Gasteiger partial charge in [-0.15, -0.1) is 0 Å². The van der Waals surface area contributed by atoms with Gasteiger partial charge in [-0.25, -0.2) is 4.79 Å². The molecule has 2 aromatic rings. The van der Waals surface area contributed by atoms with Crippen LogP contribution in [-0.4, -0.2) is 22.9 Å². The first-order valence-corrected chi connectivity index (χ1v) is 4.89. The SMILES string of the molecule is COC(=O)c1ccc(-c2ccn(C)n2)cc1. The number of aryl methyl sites for hydroxylation is 1. The van der Waals surface area contributed by atoms with E-state index in [9.17, 15) is 4.79 Å². The first kappa shape index (κ1) is 10.4. The van der Waals surface area contributed by atoms with Crippen molar-refractivity contribution in [2.75, 3.05) is 7.11 Å². The molecule has 0 fully saturated rings. The van der Waals surface area contributed by atoms with E-state index in [-0.39, 0.29) is 5.97 Å². The number of aromatic nitrogens is 2. The molecule has 1 aromatic carbocycles. The van der Waals surface area contributed by atoms with Gasteiger partial charge in [-0.1, -0.05) is 12.1 Å². The van der Waals surface area contributed by atoms with Crippen LogP contribution < -0.4 is 0 Å². The Morgan fingerprint density at radius 1 is 1.25 bits per heavy atom. The number of methoxy groups -OCH3 is 1. The molecule has 16 heavy (non-hydrogen) atoms. The third kappa shape index (κ3) is 1.95. The molecule has 0 bridgehead atoms. The summed E-state index contributed by atoms with van der Waals surface area (Å²) in [6.07, 6.45) is 1.88. The molecule has 1 heterocycles. The Balaban J connectivity index is 2.29. The average Bonchev–Trinajstić information content (AvgIpc) is 2.75. The number of nitrogens with zero attached hydrogens (tertiary/aromatic N) is 2. The molecule has 4 heteroatoms. The third-order valence-corrected chi connectivity index (χ3v) is 2.32. The predicted molar refractivity (Wildman–Crippen MR) is 60.0 cm³/mol. The van der Waals surface area contributed by atoms with Gasteiger partial charge in [-0.05, 0) is 18.2 Å². The van der Waals surface area contributed by atoms with Gasteiger partial charge in [0.2, 0.25) is 0 Å². The van der Waals surface area contributed by atoms with Crippen molar-refractivity contribution in [3.63, 3.8) is 0 Å². The number of esters is 1. The summed E-state index contributed by atoms with van der Waals surface area (Å²) in [5, 5.41) is 4.28. The van der Waals surface area contributed by atoms with Gasteiger partial charge in [-0.3, -0.25) is 4.68 Å².